The third-order valence-electron chi connectivity index (χ3n) is 2.55. The fourth-order valence-corrected chi connectivity index (χ4v) is 1.80. The zero-order valence-electron chi connectivity index (χ0n) is 7.13. The minimum atomic E-state index is -0.812. The number of hydrogen-bond donors (Lipinski definition) is 1. The van der Waals surface area contributed by atoms with Gasteiger partial charge >= 0.3 is 5.97 Å². The molecule has 1 saturated carbocycles. The normalized spacial score (nSPS) is 30.1. The van der Waals surface area contributed by atoms with E-state index in [0.29, 0.717) is 12.8 Å². The summed E-state index contributed by atoms with van der Waals surface area (Å²) in [6, 6.07) is 0. The molecule has 1 rings (SSSR count). The van der Waals surface area contributed by atoms with Gasteiger partial charge in [0, 0.05) is 6.42 Å². The fourth-order valence-electron chi connectivity index (χ4n) is 1.80. The summed E-state index contributed by atoms with van der Waals surface area (Å²) < 4.78 is 13.1. The Bertz CT molecular complexity index is 159. The van der Waals surface area contributed by atoms with Crippen molar-refractivity contribution in [2.75, 3.05) is 0 Å². The Hall–Kier alpha value is -0.600. The summed E-state index contributed by atoms with van der Waals surface area (Å²) in [5.74, 6) is -0.803. The highest BCUT2D eigenvalue weighted by Crippen LogP contribution is 2.30. The van der Waals surface area contributed by atoms with Gasteiger partial charge in [-0.15, -0.1) is 0 Å². The minimum absolute atomic E-state index is 0.00912. The van der Waals surface area contributed by atoms with Crippen LogP contribution in [0.1, 0.15) is 38.5 Å². The van der Waals surface area contributed by atoms with E-state index in [1.807, 2.05) is 0 Å². The van der Waals surface area contributed by atoms with Crippen LogP contribution in [-0.2, 0) is 4.79 Å². The van der Waals surface area contributed by atoms with E-state index in [1.54, 1.807) is 0 Å². The van der Waals surface area contributed by atoms with Gasteiger partial charge in [-0.1, -0.05) is 12.8 Å². The van der Waals surface area contributed by atoms with Crippen molar-refractivity contribution in [3.63, 3.8) is 0 Å². The van der Waals surface area contributed by atoms with Gasteiger partial charge in [-0.05, 0) is 25.2 Å². The first kappa shape index (κ1) is 9.49. The molecule has 0 aliphatic heterocycles. The van der Waals surface area contributed by atoms with E-state index in [0.717, 1.165) is 19.3 Å². The molecular weight excluding hydrogens is 159 g/mol. The Balaban J connectivity index is 2.24. The molecule has 0 unspecified atom stereocenters. The van der Waals surface area contributed by atoms with Crippen LogP contribution in [0.2, 0.25) is 0 Å². The maximum Gasteiger partial charge on any atom is 0.303 e. The van der Waals surface area contributed by atoms with Crippen molar-refractivity contribution < 1.29 is 14.3 Å². The van der Waals surface area contributed by atoms with E-state index in [2.05, 4.69) is 0 Å². The van der Waals surface area contributed by atoms with Crippen molar-refractivity contribution in [2.24, 2.45) is 5.92 Å². The summed E-state index contributed by atoms with van der Waals surface area (Å²) in [6.45, 7) is 0. The van der Waals surface area contributed by atoms with Crippen LogP contribution in [0.4, 0.5) is 4.39 Å². The second kappa shape index (κ2) is 4.43. The summed E-state index contributed by atoms with van der Waals surface area (Å²) in [4.78, 5) is 10.2. The van der Waals surface area contributed by atoms with Crippen LogP contribution in [0.15, 0.2) is 0 Å². The second-order valence-corrected chi connectivity index (χ2v) is 3.49. The number of carbonyl (C=O) groups is 1. The standard InChI is InChI=1S/C9H15FO2/c10-8-4-2-1-3-7(8)5-6-9(11)12/h7-8H,1-6H2,(H,11,12)/t7-,8-/m1/s1. The lowest BCUT2D eigenvalue weighted by Crippen LogP contribution is -2.21. The number of aliphatic carboxylic acids is 1. The number of alkyl halides is 1. The Morgan fingerprint density at radius 1 is 1.42 bits per heavy atom. The van der Waals surface area contributed by atoms with E-state index >= 15 is 0 Å². The van der Waals surface area contributed by atoms with E-state index in [9.17, 15) is 9.18 Å². The molecule has 0 aromatic heterocycles. The number of rotatable bonds is 3. The molecule has 2 nitrogen and oxygen atoms in total. The van der Waals surface area contributed by atoms with Crippen LogP contribution in [0.3, 0.4) is 0 Å². The molecule has 0 heterocycles. The first-order valence-electron chi connectivity index (χ1n) is 4.56. The molecule has 1 aliphatic rings. The van der Waals surface area contributed by atoms with Crippen LogP contribution in [-0.4, -0.2) is 17.2 Å². The zero-order valence-corrected chi connectivity index (χ0v) is 7.13. The van der Waals surface area contributed by atoms with Gasteiger partial charge in [0.2, 0.25) is 0 Å². The first-order valence-corrected chi connectivity index (χ1v) is 4.56. The average Bonchev–Trinajstić information content (AvgIpc) is 2.03. The smallest absolute Gasteiger partial charge is 0.303 e. The highest BCUT2D eigenvalue weighted by molar-refractivity contribution is 5.66. The van der Waals surface area contributed by atoms with Gasteiger partial charge in [-0.25, -0.2) is 4.39 Å². The van der Waals surface area contributed by atoms with E-state index < -0.39 is 12.1 Å². The molecule has 3 heteroatoms. The quantitative estimate of drug-likeness (QED) is 0.713. The number of carboxylic acid groups (broad SMARTS) is 1. The van der Waals surface area contributed by atoms with Crippen molar-refractivity contribution in [2.45, 2.75) is 44.7 Å². The van der Waals surface area contributed by atoms with Crippen LogP contribution in [0.25, 0.3) is 0 Å². The van der Waals surface area contributed by atoms with E-state index in [-0.39, 0.29) is 12.3 Å². The summed E-state index contributed by atoms with van der Waals surface area (Å²) in [5.41, 5.74) is 0. The molecule has 0 spiro atoms. The predicted octanol–water partition coefficient (Wildman–Crippen LogP) is 2.38. The molecule has 0 aromatic rings. The molecule has 1 aliphatic carbocycles. The van der Waals surface area contributed by atoms with Gasteiger partial charge in [0.05, 0.1) is 0 Å². The molecule has 1 fully saturated rings. The molecular formula is C9H15FO2. The molecule has 0 saturated heterocycles. The van der Waals surface area contributed by atoms with Crippen LogP contribution in [0, 0.1) is 5.92 Å². The van der Waals surface area contributed by atoms with E-state index in [4.69, 9.17) is 5.11 Å². The fraction of sp³-hybridized carbons (Fsp3) is 0.889. The molecule has 2 atom stereocenters. The molecule has 70 valence electrons. The molecule has 0 amide bonds. The van der Waals surface area contributed by atoms with Gasteiger partial charge in [0.25, 0.3) is 0 Å². The van der Waals surface area contributed by atoms with Gasteiger partial charge in [0.1, 0.15) is 6.17 Å². The Kier molecular flexibility index (Phi) is 3.50. The number of hydrogen-bond acceptors (Lipinski definition) is 1. The highest BCUT2D eigenvalue weighted by Gasteiger charge is 2.24. The highest BCUT2D eigenvalue weighted by atomic mass is 19.1. The van der Waals surface area contributed by atoms with Gasteiger partial charge in [-0.2, -0.15) is 0 Å². The summed E-state index contributed by atoms with van der Waals surface area (Å²) in [6.07, 6.45) is 3.40. The lowest BCUT2D eigenvalue weighted by atomic mass is 9.84. The van der Waals surface area contributed by atoms with Crippen LogP contribution < -0.4 is 0 Å². The molecule has 0 bridgehead atoms. The summed E-state index contributed by atoms with van der Waals surface area (Å²) in [5, 5.41) is 8.41. The molecule has 0 aromatic carbocycles. The van der Waals surface area contributed by atoms with Crippen molar-refractivity contribution in [3.8, 4) is 0 Å². The van der Waals surface area contributed by atoms with E-state index in [1.165, 1.54) is 0 Å². The van der Waals surface area contributed by atoms with Crippen molar-refractivity contribution in [3.05, 3.63) is 0 Å². The van der Waals surface area contributed by atoms with Gasteiger partial charge < -0.3 is 5.11 Å². The minimum Gasteiger partial charge on any atom is -0.481 e. The maximum absolute atomic E-state index is 13.1. The maximum atomic E-state index is 13.1. The van der Waals surface area contributed by atoms with Crippen molar-refractivity contribution in [1.82, 2.24) is 0 Å². The largest absolute Gasteiger partial charge is 0.481 e. The van der Waals surface area contributed by atoms with Crippen LogP contribution >= 0.6 is 0 Å². The van der Waals surface area contributed by atoms with Crippen LogP contribution in [0.5, 0.6) is 0 Å². The second-order valence-electron chi connectivity index (χ2n) is 3.49. The van der Waals surface area contributed by atoms with Crippen molar-refractivity contribution >= 4 is 5.97 Å². The third-order valence-corrected chi connectivity index (χ3v) is 2.55. The number of halogens is 1. The van der Waals surface area contributed by atoms with Gasteiger partial charge in [-0.3, -0.25) is 4.79 Å². The predicted molar refractivity (Wildman–Crippen MR) is 43.7 cm³/mol. The monoisotopic (exact) mass is 174 g/mol. The third kappa shape index (κ3) is 2.80. The molecule has 0 radical (unpaired) electrons. The molecule has 12 heavy (non-hydrogen) atoms. The topological polar surface area (TPSA) is 37.3 Å². The Morgan fingerprint density at radius 3 is 2.67 bits per heavy atom. The lowest BCUT2D eigenvalue weighted by Gasteiger charge is -2.24. The zero-order chi connectivity index (χ0) is 8.97. The summed E-state index contributed by atoms with van der Waals surface area (Å²) in [7, 11) is 0. The average molecular weight is 174 g/mol. The summed E-state index contributed by atoms with van der Waals surface area (Å²) >= 11 is 0. The first-order chi connectivity index (χ1) is 5.70. The van der Waals surface area contributed by atoms with Gasteiger partial charge in [0.15, 0.2) is 0 Å². The number of carboxylic acids is 1. The molecule has 1 N–H and O–H groups in total. The lowest BCUT2D eigenvalue weighted by molar-refractivity contribution is -0.137. The Labute approximate surface area is 71.8 Å². The SMILES string of the molecule is O=C(O)CC[C@H]1CCCC[C@H]1F. The Morgan fingerprint density at radius 2 is 2.08 bits per heavy atom. The van der Waals surface area contributed by atoms with Crippen molar-refractivity contribution in [1.29, 1.82) is 0 Å².